The van der Waals surface area contributed by atoms with Gasteiger partial charge in [0.25, 0.3) is 0 Å². The smallest absolute Gasteiger partial charge is 0.224 e. The van der Waals surface area contributed by atoms with Gasteiger partial charge in [-0.3, -0.25) is 4.79 Å². The van der Waals surface area contributed by atoms with E-state index in [9.17, 15) is 4.79 Å². The highest BCUT2D eigenvalue weighted by Gasteiger charge is 2.74. The van der Waals surface area contributed by atoms with Crippen molar-refractivity contribution >= 4 is 5.91 Å². The fourth-order valence-electron chi connectivity index (χ4n) is 6.71. The van der Waals surface area contributed by atoms with E-state index < -0.39 is 0 Å². The summed E-state index contributed by atoms with van der Waals surface area (Å²) in [4.78, 5) is 11.8. The molecule has 2 saturated carbocycles. The van der Waals surface area contributed by atoms with Crippen molar-refractivity contribution in [3.05, 3.63) is 11.8 Å². The van der Waals surface area contributed by atoms with Crippen LogP contribution in [0.3, 0.4) is 0 Å². The molecule has 3 heteroatoms. The van der Waals surface area contributed by atoms with Crippen LogP contribution in [-0.4, -0.2) is 18.0 Å². The zero-order valence-corrected chi connectivity index (χ0v) is 11.5. The largest absolute Gasteiger partial charge is 0.329 e. The van der Waals surface area contributed by atoms with Crippen molar-refractivity contribution in [3.8, 4) is 0 Å². The maximum absolute atomic E-state index is 11.8. The summed E-state index contributed by atoms with van der Waals surface area (Å²) in [5, 5.41) is 7.20. The van der Waals surface area contributed by atoms with Crippen LogP contribution in [0.5, 0.6) is 0 Å². The molecule has 102 valence electrons. The molecule has 3 aliphatic carbocycles. The van der Waals surface area contributed by atoms with E-state index in [1.165, 1.54) is 31.5 Å². The second-order valence-corrected chi connectivity index (χ2v) is 7.70. The van der Waals surface area contributed by atoms with E-state index in [4.69, 9.17) is 0 Å². The number of rotatable bonds is 0. The zero-order chi connectivity index (χ0) is 12.8. The summed E-state index contributed by atoms with van der Waals surface area (Å²) in [7, 11) is 0. The van der Waals surface area contributed by atoms with Gasteiger partial charge in [0.2, 0.25) is 5.91 Å². The van der Waals surface area contributed by atoms with E-state index in [0.29, 0.717) is 11.5 Å². The Hall–Kier alpha value is -0.830. The lowest BCUT2D eigenvalue weighted by atomic mass is 9.52. The van der Waals surface area contributed by atoms with E-state index >= 15 is 0 Å². The SMILES string of the molecule is C[C@H]1C[C@H]2C=C3NC(=O)CC[C@@]34[C@H]3CN[C@]4(C1)[C@H]2C3. The van der Waals surface area contributed by atoms with Crippen LogP contribution in [0, 0.1) is 29.1 Å². The number of hydrogen-bond donors (Lipinski definition) is 2. The van der Waals surface area contributed by atoms with Gasteiger partial charge in [0.1, 0.15) is 0 Å². The summed E-state index contributed by atoms with van der Waals surface area (Å²) in [6.45, 7) is 3.59. The molecule has 4 fully saturated rings. The van der Waals surface area contributed by atoms with E-state index in [-0.39, 0.29) is 11.3 Å². The molecule has 0 aromatic rings. The van der Waals surface area contributed by atoms with E-state index in [1.54, 1.807) is 0 Å². The second-order valence-electron chi connectivity index (χ2n) is 7.70. The third-order valence-corrected chi connectivity index (χ3v) is 7.07. The van der Waals surface area contributed by atoms with Gasteiger partial charge in [0.15, 0.2) is 0 Å². The van der Waals surface area contributed by atoms with E-state index in [0.717, 1.165) is 30.6 Å². The molecule has 5 aliphatic rings. The molecule has 2 heterocycles. The highest BCUT2D eigenvalue weighted by molar-refractivity contribution is 5.80. The third kappa shape index (κ3) is 0.990. The Bertz CT molecular complexity index is 513. The third-order valence-electron chi connectivity index (χ3n) is 7.07. The Kier molecular flexibility index (Phi) is 1.77. The molecule has 0 radical (unpaired) electrons. The zero-order valence-electron chi connectivity index (χ0n) is 11.5. The maximum Gasteiger partial charge on any atom is 0.224 e. The van der Waals surface area contributed by atoms with Crippen molar-refractivity contribution < 1.29 is 4.79 Å². The molecular formula is C16H22N2O. The maximum atomic E-state index is 11.8. The van der Waals surface area contributed by atoms with Crippen LogP contribution in [0.4, 0.5) is 0 Å². The Balaban J connectivity index is 1.75. The summed E-state index contributed by atoms with van der Waals surface area (Å²) in [6, 6.07) is 0. The monoisotopic (exact) mass is 258 g/mol. The van der Waals surface area contributed by atoms with Crippen molar-refractivity contribution in [1.29, 1.82) is 0 Å². The number of nitrogens with one attached hydrogen (secondary N) is 2. The highest BCUT2D eigenvalue weighted by Crippen LogP contribution is 2.71. The molecule has 2 aliphatic heterocycles. The predicted octanol–water partition coefficient (Wildman–Crippen LogP) is 1.80. The molecule has 0 aromatic heterocycles. The van der Waals surface area contributed by atoms with Crippen molar-refractivity contribution in [2.24, 2.45) is 29.1 Å². The van der Waals surface area contributed by atoms with Crippen molar-refractivity contribution in [3.63, 3.8) is 0 Å². The molecule has 0 unspecified atom stereocenters. The quantitative estimate of drug-likeness (QED) is 0.695. The summed E-state index contributed by atoms with van der Waals surface area (Å²) >= 11 is 0. The van der Waals surface area contributed by atoms with Gasteiger partial charge in [-0.2, -0.15) is 0 Å². The predicted molar refractivity (Wildman–Crippen MR) is 72.1 cm³/mol. The molecular weight excluding hydrogens is 236 g/mol. The highest BCUT2D eigenvalue weighted by atomic mass is 16.1. The van der Waals surface area contributed by atoms with Gasteiger partial charge in [-0.05, 0) is 55.9 Å². The van der Waals surface area contributed by atoms with Crippen LogP contribution in [0.1, 0.15) is 39.0 Å². The first kappa shape index (κ1) is 10.9. The molecule has 3 nitrogen and oxygen atoms in total. The average molecular weight is 258 g/mol. The molecule has 0 aromatic carbocycles. The Labute approximate surface area is 114 Å². The van der Waals surface area contributed by atoms with Crippen molar-refractivity contribution in [2.45, 2.75) is 44.6 Å². The fraction of sp³-hybridized carbons (Fsp3) is 0.812. The van der Waals surface area contributed by atoms with Crippen LogP contribution in [0.25, 0.3) is 0 Å². The van der Waals surface area contributed by atoms with Gasteiger partial charge >= 0.3 is 0 Å². The summed E-state index contributed by atoms with van der Waals surface area (Å²) in [5.41, 5.74) is 1.90. The normalized spacial score (nSPS) is 57.5. The minimum absolute atomic E-state index is 0.240. The number of piperidine rings is 2. The number of hydrogen-bond acceptors (Lipinski definition) is 2. The number of carbonyl (C=O) groups is 1. The first-order valence-corrected chi connectivity index (χ1v) is 7.93. The van der Waals surface area contributed by atoms with Crippen molar-refractivity contribution in [1.82, 2.24) is 10.6 Å². The summed E-state index contributed by atoms with van der Waals surface area (Å²) in [5.74, 6) is 3.35. The van der Waals surface area contributed by atoms with Crippen LogP contribution in [0.15, 0.2) is 11.8 Å². The Morgan fingerprint density at radius 2 is 2.26 bits per heavy atom. The second kappa shape index (κ2) is 3.08. The molecule has 19 heavy (non-hydrogen) atoms. The molecule has 2 N–H and O–H groups in total. The topological polar surface area (TPSA) is 41.1 Å². The lowest BCUT2D eigenvalue weighted by molar-refractivity contribution is -0.124. The van der Waals surface area contributed by atoms with Gasteiger partial charge in [0.05, 0.1) is 0 Å². The fourth-order valence-corrected chi connectivity index (χ4v) is 6.71. The first-order valence-electron chi connectivity index (χ1n) is 7.93. The van der Waals surface area contributed by atoms with Crippen LogP contribution >= 0.6 is 0 Å². The van der Waals surface area contributed by atoms with Gasteiger partial charge in [0, 0.05) is 23.1 Å². The molecule has 6 atom stereocenters. The van der Waals surface area contributed by atoms with Crippen LogP contribution < -0.4 is 10.6 Å². The lowest BCUT2D eigenvalue weighted by Crippen LogP contribution is -2.64. The van der Waals surface area contributed by atoms with E-state index in [2.05, 4.69) is 23.6 Å². The Morgan fingerprint density at radius 3 is 3.16 bits per heavy atom. The van der Waals surface area contributed by atoms with Crippen LogP contribution in [0.2, 0.25) is 0 Å². The molecule has 5 bridgehead atoms. The van der Waals surface area contributed by atoms with Crippen molar-refractivity contribution in [2.75, 3.05) is 6.54 Å². The molecule has 1 amide bonds. The van der Waals surface area contributed by atoms with Crippen LogP contribution in [-0.2, 0) is 4.79 Å². The summed E-state index contributed by atoms with van der Waals surface area (Å²) < 4.78 is 0. The van der Waals surface area contributed by atoms with Gasteiger partial charge in [-0.1, -0.05) is 13.0 Å². The van der Waals surface area contributed by atoms with Gasteiger partial charge in [-0.25, -0.2) is 0 Å². The lowest BCUT2D eigenvalue weighted by Gasteiger charge is -2.58. The Morgan fingerprint density at radius 1 is 1.37 bits per heavy atom. The molecule has 5 rings (SSSR count). The molecule has 2 spiro atoms. The standard InChI is InChI=1S/C16H22N2O/c1-9-4-10-5-13-15(3-2-14(19)18-13)11-6-12(10)16(15,7-9)17-8-11/h5,9-12,17H,2-4,6-8H2,1H3,(H,18,19)/t9-,10-,11+,12-,15+,16+/m0/s1. The number of carbonyl (C=O) groups excluding carboxylic acids is 1. The summed E-state index contributed by atoms with van der Waals surface area (Å²) in [6.07, 6.45) is 8.29. The van der Waals surface area contributed by atoms with Gasteiger partial charge < -0.3 is 10.6 Å². The average Bonchev–Trinajstić information content (AvgIpc) is 2.74. The minimum atomic E-state index is 0.240. The minimum Gasteiger partial charge on any atom is -0.329 e. The first-order chi connectivity index (χ1) is 9.16. The van der Waals surface area contributed by atoms with E-state index in [1.807, 2.05) is 0 Å². The molecule has 2 saturated heterocycles. The van der Waals surface area contributed by atoms with Gasteiger partial charge in [-0.15, -0.1) is 0 Å². The number of allylic oxidation sites excluding steroid dienone is 1. The number of amides is 1.